The molecule has 1 fully saturated rings. The third-order valence-electron chi connectivity index (χ3n) is 2.83. The number of benzene rings is 1. The van der Waals surface area contributed by atoms with Gasteiger partial charge in [-0.1, -0.05) is 0 Å². The van der Waals surface area contributed by atoms with E-state index in [-0.39, 0.29) is 11.1 Å². The molecule has 1 saturated heterocycles. The standard InChI is InChI=1S/C12H13NO5/c14-11(15)8-1-2-10(9(7-8)12(16)17)13-3-5-18-6-4-13/h1-2,7H,3-6H2,(H,14,15)(H,16,17). The van der Waals surface area contributed by atoms with Crippen molar-refractivity contribution in [2.75, 3.05) is 31.2 Å². The average Bonchev–Trinajstić information content (AvgIpc) is 2.39. The molecule has 18 heavy (non-hydrogen) atoms. The predicted octanol–water partition coefficient (Wildman–Crippen LogP) is 0.920. The van der Waals surface area contributed by atoms with Gasteiger partial charge in [0, 0.05) is 13.1 Å². The van der Waals surface area contributed by atoms with Gasteiger partial charge in [0.05, 0.1) is 30.0 Å². The van der Waals surface area contributed by atoms with E-state index in [0.717, 1.165) is 0 Å². The Morgan fingerprint density at radius 1 is 1.11 bits per heavy atom. The number of carboxylic acid groups (broad SMARTS) is 2. The minimum Gasteiger partial charge on any atom is -0.478 e. The lowest BCUT2D eigenvalue weighted by molar-refractivity contribution is 0.0695. The zero-order valence-electron chi connectivity index (χ0n) is 9.63. The van der Waals surface area contributed by atoms with Crippen LogP contribution < -0.4 is 4.90 Å². The van der Waals surface area contributed by atoms with Gasteiger partial charge < -0.3 is 19.8 Å². The summed E-state index contributed by atoms with van der Waals surface area (Å²) in [5.41, 5.74) is 0.525. The maximum absolute atomic E-state index is 11.2. The Morgan fingerprint density at radius 2 is 1.78 bits per heavy atom. The van der Waals surface area contributed by atoms with Crippen molar-refractivity contribution >= 4 is 17.6 Å². The van der Waals surface area contributed by atoms with Crippen LogP contribution in [0.5, 0.6) is 0 Å². The Morgan fingerprint density at radius 3 is 2.33 bits per heavy atom. The first-order valence-electron chi connectivity index (χ1n) is 5.53. The summed E-state index contributed by atoms with van der Waals surface area (Å²) in [6.45, 7) is 2.29. The molecule has 0 spiro atoms. The number of carboxylic acids is 2. The summed E-state index contributed by atoms with van der Waals surface area (Å²) < 4.78 is 5.20. The normalized spacial score (nSPS) is 15.4. The van der Waals surface area contributed by atoms with E-state index in [2.05, 4.69) is 0 Å². The van der Waals surface area contributed by atoms with E-state index in [9.17, 15) is 9.59 Å². The van der Waals surface area contributed by atoms with Crippen molar-refractivity contribution < 1.29 is 24.5 Å². The van der Waals surface area contributed by atoms with E-state index in [1.165, 1.54) is 18.2 Å². The largest absolute Gasteiger partial charge is 0.478 e. The van der Waals surface area contributed by atoms with Gasteiger partial charge >= 0.3 is 11.9 Å². The number of anilines is 1. The second-order valence-corrected chi connectivity index (χ2v) is 3.94. The van der Waals surface area contributed by atoms with Gasteiger partial charge in [-0.15, -0.1) is 0 Å². The van der Waals surface area contributed by atoms with E-state index < -0.39 is 11.9 Å². The van der Waals surface area contributed by atoms with E-state index in [1.807, 2.05) is 4.90 Å². The highest BCUT2D eigenvalue weighted by molar-refractivity contribution is 5.98. The third kappa shape index (κ3) is 2.43. The van der Waals surface area contributed by atoms with E-state index in [0.29, 0.717) is 32.0 Å². The number of carbonyl (C=O) groups is 2. The molecule has 1 aliphatic heterocycles. The Bertz CT molecular complexity index is 479. The minimum atomic E-state index is -1.13. The minimum absolute atomic E-state index is 0.0109. The van der Waals surface area contributed by atoms with Crippen molar-refractivity contribution in [3.05, 3.63) is 29.3 Å². The Kier molecular flexibility index (Phi) is 3.47. The molecule has 0 bridgehead atoms. The Hall–Kier alpha value is -2.08. The molecule has 0 atom stereocenters. The van der Waals surface area contributed by atoms with E-state index in [4.69, 9.17) is 14.9 Å². The fourth-order valence-corrected chi connectivity index (χ4v) is 1.92. The summed E-state index contributed by atoms with van der Waals surface area (Å²) in [7, 11) is 0. The lowest BCUT2D eigenvalue weighted by Crippen LogP contribution is -2.37. The van der Waals surface area contributed by atoms with Crippen LogP contribution in [0, 0.1) is 0 Å². The third-order valence-corrected chi connectivity index (χ3v) is 2.83. The second kappa shape index (κ2) is 5.05. The van der Waals surface area contributed by atoms with Gasteiger partial charge in [-0.25, -0.2) is 9.59 Å². The molecule has 0 aromatic heterocycles. The molecule has 2 N–H and O–H groups in total. The highest BCUT2D eigenvalue weighted by Crippen LogP contribution is 2.23. The van der Waals surface area contributed by atoms with Gasteiger partial charge in [0.1, 0.15) is 0 Å². The summed E-state index contributed by atoms with van der Waals surface area (Å²) in [5.74, 6) is -2.26. The molecule has 0 aliphatic carbocycles. The van der Waals surface area contributed by atoms with Crippen LogP contribution in [0.4, 0.5) is 5.69 Å². The molecule has 6 nitrogen and oxygen atoms in total. The number of aromatic carboxylic acids is 2. The highest BCUT2D eigenvalue weighted by atomic mass is 16.5. The van der Waals surface area contributed by atoms with Crippen LogP contribution in [0.15, 0.2) is 18.2 Å². The fourth-order valence-electron chi connectivity index (χ4n) is 1.92. The van der Waals surface area contributed by atoms with Gasteiger partial charge in [-0.3, -0.25) is 0 Å². The number of nitrogens with zero attached hydrogens (tertiary/aromatic N) is 1. The van der Waals surface area contributed by atoms with E-state index in [1.54, 1.807) is 0 Å². The van der Waals surface area contributed by atoms with Crippen molar-refractivity contribution in [2.45, 2.75) is 0 Å². The summed E-state index contributed by atoms with van der Waals surface area (Å²) in [5, 5.41) is 18.0. The number of ether oxygens (including phenoxy) is 1. The van der Waals surface area contributed by atoms with Crippen LogP contribution in [-0.4, -0.2) is 48.5 Å². The molecular formula is C12H13NO5. The van der Waals surface area contributed by atoms with Gasteiger partial charge in [0.2, 0.25) is 0 Å². The smallest absolute Gasteiger partial charge is 0.337 e. The van der Waals surface area contributed by atoms with Gasteiger partial charge in [0.25, 0.3) is 0 Å². The summed E-state index contributed by atoms with van der Waals surface area (Å²) in [4.78, 5) is 23.9. The topological polar surface area (TPSA) is 87.1 Å². The first kappa shape index (κ1) is 12.4. The first-order valence-corrected chi connectivity index (χ1v) is 5.53. The van der Waals surface area contributed by atoms with Crippen LogP contribution >= 0.6 is 0 Å². The van der Waals surface area contributed by atoms with Crippen molar-refractivity contribution in [1.82, 2.24) is 0 Å². The highest BCUT2D eigenvalue weighted by Gasteiger charge is 2.20. The summed E-state index contributed by atoms with van der Waals surface area (Å²) in [6.07, 6.45) is 0. The van der Waals surface area contributed by atoms with Crippen LogP contribution in [0.3, 0.4) is 0 Å². The van der Waals surface area contributed by atoms with Crippen LogP contribution in [0.1, 0.15) is 20.7 Å². The van der Waals surface area contributed by atoms with Crippen molar-refractivity contribution in [2.24, 2.45) is 0 Å². The molecule has 0 saturated carbocycles. The summed E-state index contributed by atoms with van der Waals surface area (Å²) >= 11 is 0. The maximum atomic E-state index is 11.2. The van der Waals surface area contributed by atoms with Crippen LogP contribution in [0.2, 0.25) is 0 Å². The number of hydrogen-bond acceptors (Lipinski definition) is 4. The van der Waals surface area contributed by atoms with Crippen molar-refractivity contribution in [3.63, 3.8) is 0 Å². The lowest BCUT2D eigenvalue weighted by atomic mass is 10.1. The van der Waals surface area contributed by atoms with Gasteiger partial charge in [-0.05, 0) is 18.2 Å². The molecule has 1 aliphatic rings. The van der Waals surface area contributed by atoms with Crippen LogP contribution in [-0.2, 0) is 4.74 Å². The summed E-state index contributed by atoms with van der Waals surface area (Å²) in [6, 6.07) is 4.15. The molecular weight excluding hydrogens is 238 g/mol. The van der Waals surface area contributed by atoms with Crippen LogP contribution in [0.25, 0.3) is 0 Å². The first-order chi connectivity index (χ1) is 8.59. The average molecular weight is 251 g/mol. The number of rotatable bonds is 3. The van der Waals surface area contributed by atoms with Gasteiger partial charge in [-0.2, -0.15) is 0 Å². The molecule has 1 aromatic carbocycles. The maximum Gasteiger partial charge on any atom is 0.337 e. The van der Waals surface area contributed by atoms with Gasteiger partial charge in [0.15, 0.2) is 0 Å². The van der Waals surface area contributed by atoms with Crippen molar-refractivity contribution in [1.29, 1.82) is 0 Å². The second-order valence-electron chi connectivity index (χ2n) is 3.94. The molecule has 2 rings (SSSR count). The molecule has 1 heterocycles. The SMILES string of the molecule is O=C(O)c1ccc(N2CCOCC2)c(C(=O)O)c1. The molecule has 0 amide bonds. The lowest BCUT2D eigenvalue weighted by Gasteiger charge is -2.30. The quantitative estimate of drug-likeness (QED) is 0.830. The fraction of sp³-hybridized carbons (Fsp3) is 0.333. The molecule has 96 valence electrons. The molecule has 1 aromatic rings. The number of hydrogen-bond donors (Lipinski definition) is 2. The Labute approximate surface area is 103 Å². The molecule has 0 radical (unpaired) electrons. The molecule has 0 unspecified atom stereocenters. The monoisotopic (exact) mass is 251 g/mol. The predicted molar refractivity (Wildman–Crippen MR) is 63.4 cm³/mol. The Balaban J connectivity index is 2.39. The van der Waals surface area contributed by atoms with E-state index >= 15 is 0 Å². The zero-order valence-corrected chi connectivity index (χ0v) is 9.63. The zero-order chi connectivity index (χ0) is 13.1. The molecule has 6 heteroatoms. The van der Waals surface area contributed by atoms with Crippen molar-refractivity contribution in [3.8, 4) is 0 Å². The number of morpholine rings is 1.